The average Bonchev–Trinajstić information content (AvgIpc) is 2.64. The molecule has 0 bridgehead atoms. The van der Waals surface area contributed by atoms with Crippen molar-refractivity contribution in [3.63, 3.8) is 0 Å². The van der Waals surface area contributed by atoms with Crippen LogP contribution in [0.5, 0.6) is 5.75 Å². The van der Waals surface area contributed by atoms with E-state index in [9.17, 15) is 9.59 Å². The first-order chi connectivity index (χ1) is 12.8. The number of rotatable bonds is 5. The summed E-state index contributed by atoms with van der Waals surface area (Å²) in [6, 6.07) is 13.3. The zero-order valence-corrected chi connectivity index (χ0v) is 16.3. The van der Waals surface area contributed by atoms with Gasteiger partial charge in [0.15, 0.2) is 6.61 Å². The van der Waals surface area contributed by atoms with Crippen LogP contribution in [0.2, 0.25) is 0 Å². The largest absolute Gasteiger partial charge is 0.482 e. The minimum Gasteiger partial charge on any atom is -0.482 e. The van der Waals surface area contributed by atoms with Crippen LogP contribution in [0.1, 0.15) is 42.3 Å². The van der Waals surface area contributed by atoms with Crippen LogP contribution in [0.25, 0.3) is 0 Å². The highest BCUT2D eigenvalue weighted by atomic mass is 16.5. The fraction of sp³-hybridized carbons (Fsp3) is 0.364. The summed E-state index contributed by atoms with van der Waals surface area (Å²) in [7, 11) is 0. The maximum Gasteiger partial charge on any atom is 0.265 e. The van der Waals surface area contributed by atoms with Crippen LogP contribution in [0.15, 0.2) is 42.5 Å². The Hall–Kier alpha value is -2.82. The monoisotopic (exact) mass is 366 g/mol. The van der Waals surface area contributed by atoms with E-state index in [2.05, 4.69) is 19.2 Å². The van der Waals surface area contributed by atoms with E-state index in [0.29, 0.717) is 18.0 Å². The fourth-order valence-electron chi connectivity index (χ4n) is 2.89. The molecule has 3 rings (SSSR count). The van der Waals surface area contributed by atoms with Gasteiger partial charge < -0.3 is 15.0 Å². The molecular weight excluding hydrogens is 340 g/mol. The van der Waals surface area contributed by atoms with Gasteiger partial charge in [-0.3, -0.25) is 9.59 Å². The van der Waals surface area contributed by atoms with Crippen LogP contribution in [-0.2, 0) is 11.3 Å². The predicted octanol–water partition coefficient (Wildman–Crippen LogP) is 3.69. The maximum absolute atomic E-state index is 12.4. The highest BCUT2D eigenvalue weighted by molar-refractivity contribution is 5.98. The van der Waals surface area contributed by atoms with Crippen molar-refractivity contribution < 1.29 is 14.3 Å². The van der Waals surface area contributed by atoms with Crippen molar-refractivity contribution in [2.45, 2.75) is 40.3 Å². The van der Waals surface area contributed by atoms with Crippen molar-refractivity contribution in [3.8, 4) is 5.75 Å². The number of aryl methyl sites for hydroxylation is 1. The van der Waals surface area contributed by atoms with E-state index in [0.717, 1.165) is 22.6 Å². The van der Waals surface area contributed by atoms with Crippen LogP contribution < -0.4 is 15.0 Å². The predicted molar refractivity (Wildman–Crippen MR) is 106 cm³/mol. The maximum atomic E-state index is 12.4. The fourth-order valence-corrected chi connectivity index (χ4v) is 2.89. The molecule has 1 heterocycles. The number of carbonyl (C=O) groups is 2. The van der Waals surface area contributed by atoms with Gasteiger partial charge in [-0.1, -0.05) is 32.0 Å². The molecule has 1 aliphatic rings. The van der Waals surface area contributed by atoms with Crippen LogP contribution >= 0.6 is 0 Å². The van der Waals surface area contributed by atoms with Crippen LogP contribution in [-0.4, -0.2) is 24.5 Å². The number of amides is 2. The van der Waals surface area contributed by atoms with Crippen molar-refractivity contribution in [2.75, 3.05) is 11.5 Å². The van der Waals surface area contributed by atoms with E-state index in [1.807, 2.05) is 44.2 Å². The molecule has 0 aliphatic carbocycles. The summed E-state index contributed by atoms with van der Waals surface area (Å²) in [6.45, 7) is 8.63. The highest BCUT2D eigenvalue weighted by Crippen LogP contribution is 2.33. The Morgan fingerprint density at radius 2 is 1.85 bits per heavy atom. The normalized spacial score (nSPS) is 14.6. The molecule has 0 saturated carbocycles. The van der Waals surface area contributed by atoms with Crippen LogP contribution in [0, 0.1) is 12.8 Å². The Balaban J connectivity index is 1.74. The van der Waals surface area contributed by atoms with Gasteiger partial charge in [-0.15, -0.1) is 0 Å². The third-order valence-corrected chi connectivity index (χ3v) is 4.97. The summed E-state index contributed by atoms with van der Waals surface area (Å²) in [5.41, 5.74) is 3.45. The topological polar surface area (TPSA) is 58.6 Å². The number of hydrogen-bond acceptors (Lipinski definition) is 3. The van der Waals surface area contributed by atoms with Crippen molar-refractivity contribution in [1.82, 2.24) is 5.32 Å². The molecule has 1 atom stereocenters. The van der Waals surface area contributed by atoms with Crippen molar-refractivity contribution >= 4 is 17.5 Å². The first-order valence-corrected chi connectivity index (χ1v) is 9.29. The van der Waals surface area contributed by atoms with Crippen molar-refractivity contribution in [2.24, 2.45) is 5.92 Å². The molecule has 142 valence electrons. The van der Waals surface area contributed by atoms with Gasteiger partial charge in [0.25, 0.3) is 11.8 Å². The van der Waals surface area contributed by atoms with E-state index in [1.54, 1.807) is 17.0 Å². The number of benzene rings is 2. The molecule has 0 saturated heterocycles. The average molecular weight is 366 g/mol. The van der Waals surface area contributed by atoms with Gasteiger partial charge in [-0.2, -0.15) is 0 Å². The van der Waals surface area contributed by atoms with E-state index in [1.165, 1.54) is 0 Å². The standard InChI is InChI=1S/C22H26N2O3/c1-14(2)16(4)23-22(26)18-8-6-17(7-9-18)12-24-19-11-15(3)5-10-20(19)27-13-21(24)25/h5-11,14,16H,12-13H2,1-4H3,(H,23,26). The molecule has 5 heteroatoms. The Morgan fingerprint density at radius 3 is 2.52 bits per heavy atom. The van der Waals surface area contributed by atoms with Crippen LogP contribution in [0.4, 0.5) is 5.69 Å². The van der Waals surface area contributed by atoms with Gasteiger partial charge in [-0.25, -0.2) is 0 Å². The Morgan fingerprint density at radius 1 is 1.15 bits per heavy atom. The molecule has 2 aromatic rings. The third-order valence-electron chi connectivity index (χ3n) is 4.97. The number of hydrogen-bond donors (Lipinski definition) is 1. The lowest BCUT2D eigenvalue weighted by molar-refractivity contribution is -0.121. The molecule has 2 aromatic carbocycles. The summed E-state index contributed by atoms with van der Waals surface area (Å²) in [4.78, 5) is 26.4. The van der Waals surface area contributed by atoms with E-state index in [-0.39, 0.29) is 24.5 Å². The number of nitrogens with one attached hydrogen (secondary N) is 1. The van der Waals surface area contributed by atoms with Gasteiger partial charge in [-0.05, 0) is 55.2 Å². The first kappa shape index (κ1) is 19.0. The summed E-state index contributed by atoms with van der Waals surface area (Å²) >= 11 is 0. The van der Waals surface area contributed by atoms with E-state index in [4.69, 9.17) is 4.74 Å². The Kier molecular flexibility index (Phi) is 5.49. The highest BCUT2D eigenvalue weighted by Gasteiger charge is 2.25. The molecule has 2 amide bonds. The molecule has 0 aromatic heterocycles. The molecule has 1 aliphatic heterocycles. The summed E-state index contributed by atoms with van der Waals surface area (Å²) in [6.07, 6.45) is 0. The summed E-state index contributed by atoms with van der Waals surface area (Å²) < 4.78 is 5.52. The van der Waals surface area contributed by atoms with Crippen molar-refractivity contribution in [3.05, 3.63) is 59.2 Å². The van der Waals surface area contributed by atoms with Crippen LogP contribution in [0.3, 0.4) is 0 Å². The first-order valence-electron chi connectivity index (χ1n) is 9.29. The number of ether oxygens (including phenoxy) is 1. The number of anilines is 1. The van der Waals surface area contributed by atoms with Gasteiger partial charge in [0, 0.05) is 11.6 Å². The second-order valence-corrected chi connectivity index (χ2v) is 7.44. The van der Waals surface area contributed by atoms with Gasteiger partial charge >= 0.3 is 0 Å². The lowest BCUT2D eigenvalue weighted by atomic mass is 10.1. The lowest BCUT2D eigenvalue weighted by Gasteiger charge is -2.29. The van der Waals surface area contributed by atoms with Gasteiger partial charge in [0.05, 0.1) is 12.2 Å². The lowest BCUT2D eigenvalue weighted by Crippen LogP contribution is -2.38. The Labute approximate surface area is 160 Å². The van der Waals surface area contributed by atoms with Gasteiger partial charge in [0.2, 0.25) is 0 Å². The SMILES string of the molecule is Cc1ccc2c(c1)N(Cc1ccc(C(=O)NC(C)C(C)C)cc1)C(=O)CO2. The Bertz CT molecular complexity index is 843. The number of fused-ring (bicyclic) bond motifs is 1. The molecule has 1 unspecified atom stereocenters. The number of carbonyl (C=O) groups excluding carboxylic acids is 2. The smallest absolute Gasteiger partial charge is 0.265 e. The zero-order valence-electron chi connectivity index (χ0n) is 16.3. The zero-order chi connectivity index (χ0) is 19.6. The molecule has 5 nitrogen and oxygen atoms in total. The minimum atomic E-state index is -0.0776. The molecule has 0 fully saturated rings. The molecule has 27 heavy (non-hydrogen) atoms. The summed E-state index contributed by atoms with van der Waals surface area (Å²) in [5, 5.41) is 3.00. The number of nitrogens with zero attached hydrogens (tertiary/aromatic N) is 1. The molecule has 0 spiro atoms. The second-order valence-electron chi connectivity index (χ2n) is 7.44. The molecular formula is C22H26N2O3. The molecule has 0 radical (unpaired) electrons. The molecule has 1 N–H and O–H groups in total. The van der Waals surface area contributed by atoms with E-state index < -0.39 is 0 Å². The quantitative estimate of drug-likeness (QED) is 0.878. The third kappa shape index (κ3) is 4.30. The second kappa shape index (κ2) is 7.82. The van der Waals surface area contributed by atoms with Crippen molar-refractivity contribution in [1.29, 1.82) is 0 Å². The minimum absolute atomic E-state index is 0.0453. The van der Waals surface area contributed by atoms with E-state index >= 15 is 0 Å². The summed E-state index contributed by atoms with van der Waals surface area (Å²) in [5.74, 6) is 0.954. The van der Waals surface area contributed by atoms with Gasteiger partial charge in [0.1, 0.15) is 5.75 Å².